The Kier molecular flexibility index (Phi) is 9.62. The summed E-state index contributed by atoms with van der Waals surface area (Å²) in [7, 11) is 0. The molecule has 3 aliphatic carbocycles. The van der Waals surface area contributed by atoms with Gasteiger partial charge in [0.2, 0.25) is 0 Å². The smallest absolute Gasteiger partial charge is 0.0714 e. The van der Waals surface area contributed by atoms with Crippen molar-refractivity contribution in [3.63, 3.8) is 0 Å². The lowest BCUT2D eigenvalue weighted by Gasteiger charge is -2.36. The van der Waals surface area contributed by atoms with Crippen LogP contribution in [0, 0.1) is 13.8 Å². The molecule has 2 nitrogen and oxygen atoms in total. The van der Waals surface area contributed by atoms with Crippen LogP contribution in [-0.4, -0.2) is 0 Å². The number of anilines is 5. The molecule has 12 rings (SSSR count). The Morgan fingerprint density at radius 3 is 1.57 bits per heavy atom. The van der Waals surface area contributed by atoms with E-state index in [0.717, 1.165) is 40.6 Å². The quantitative estimate of drug-likeness (QED) is 0.150. The molecule has 322 valence electrons. The summed E-state index contributed by atoms with van der Waals surface area (Å²) in [5.41, 5.74) is 21.7. The highest BCUT2D eigenvalue weighted by molar-refractivity contribution is 6.06. The molecule has 0 aromatic heterocycles. The molecule has 1 unspecified atom stereocenters. The van der Waals surface area contributed by atoms with E-state index < -0.39 is 5.41 Å². The van der Waals surface area contributed by atoms with Gasteiger partial charge in [0, 0.05) is 39.5 Å². The number of nitrogens with zero attached hydrogens (tertiary/aromatic N) is 2. The second kappa shape index (κ2) is 15.9. The molecule has 0 saturated heterocycles. The maximum atomic E-state index is 2.59. The van der Waals surface area contributed by atoms with Gasteiger partial charge >= 0.3 is 0 Å². The Morgan fingerprint density at radius 2 is 0.940 bits per heavy atom. The van der Waals surface area contributed by atoms with Crippen molar-refractivity contribution in [2.24, 2.45) is 0 Å². The highest BCUT2D eigenvalue weighted by Gasteiger charge is 2.49. The Bertz CT molecular complexity index is 3410. The molecule has 67 heavy (non-hydrogen) atoms. The second-order valence-electron chi connectivity index (χ2n) is 19.0. The van der Waals surface area contributed by atoms with Crippen LogP contribution in [0.5, 0.6) is 0 Å². The van der Waals surface area contributed by atoms with E-state index in [1.165, 1.54) is 77.5 Å². The first-order valence-electron chi connectivity index (χ1n) is 23.7. The third kappa shape index (κ3) is 6.38. The number of para-hydroxylation sites is 3. The monoisotopic (exact) mass is 860 g/mol. The van der Waals surface area contributed by atoms with Gasteiger partial charge in [-0.3, -0.25) is 0 Å². The van der Waals surface area contributed by atoms with Gasteiger partial charge in [-0.05, 0) is 177 Å². The van der Waals surface area contributed by atoms with E-state index in [9.17, 15) is 0 Å². The van der Waals surface area contributed by atoms with Crippen molar-refractivity contribution in [1.82, 2.24) is 0 Å². The summed E-state index contributed by atoms with van der Waals surface area (Å²) in [4.78, 5) is 4.73. The van der Waals surface area contributed by atoms with Crippen molar-refractivity contribution in [3.05, 3.63) is 281 Å². The molecule has 0 bridgehead atoms. The highest BCUT2D eigenvalue weighted by atomic mass is 15.1. The van der Waals surface area contributed by atoms with Crippen molar-refractivity contribution in [1.29, 1.82) is 0 Å². The topological polar surface area (TPSA) is 6.48 Å². The van der Waals surface area contributed by atoms with E-state index in [4.69, 9.17) is 0 Å². The number of hydrogen-bond acceptors (Lipinski definition) is 2. The van der Waals surface area contributed by atoms with Crippen LogP contribution in [0.25, 0.3) is 33.0 Å². The molecule has 0 fully saturated rings. The lowest BCUT2D eigenvalue weighted by Crippen LogP contribution is -2.29. The van der Waals surface area contributed by atoms with Crippen molar-refractivity contribution in [2.45, 2.75) is 44.9 Å². The molecule has 9 aromatic rings. The first-order valence-corrected chi connectivity index (χ1v) is 23.7. The lowest BCUT2D eigenvalue weighted by atomic mass is 9.66. The second-order valence-corrected chi connectivity index (χ2v) is 19.0. The van der Waals surface area contributed by atoms with Crippen LogP contribution in [0.1, 0.15) is 64.8 Å². The number of fused-ring (bicyclic) bond motifs is 8. The average Bonchev–Trinajstić information content (AvgIpc) is 3.57. The van der Waals surface area contributed by atoms with Gasteiger partial charge in [-0.1, -0.05) is 165 Å². The number of rotatable bonds is 8. The SMILES string of the molecule is Cc1ccc2c(c1)C(C)(C)c1cc3c(cc1-2)C(c1ccc(N(C2=CC=CCC=C2)c2ccccc2)cc1)(c1ccc(N(c2ccccc2)c2ccccc2)cc1)c1cc(C)c2ccccc2c1-3. The third-order valence-corrected chi connectivity index (χ3v) is 14.7. The molecule has 0 amide bonds. The van der Waals surface area contributed by atoms with Gasteiger partial charge in [0.15, 0.2) is 0 Å². The number of hydrogen-bond donors (Lipinski definition) is 0. The Labute approximate surface area is 395 Å². The largest absolute Gasteiger partial charge is 0.311 e. The minimum absolute atomic E-state index is 0.156. The molecule has 1 atom stereocenters. The Hall–Kier alpha value is -7.94. The summed E-state index contributed by atoms with van der Waals surface area (Å²) in [6.45, 7) is 9.34. The van der Waals surface area contributed by atoms with Crippen LogP contribution in [0.4, 0.5) is 28.4 Å². The number of aryl methyl sites for hydroxylation is 2. The molecule has 0 heterocycles. The lowest BCUT2D eigenvalue weighted by molar-refractivity contribution is 0.659. The van der Waals surface area contributed by atoms with E-state index in [1.54, 1.807) is 0 Å². The van der Waals surface area contributed by atoms with Crippen LogP contribution < -0.4 is 9.80 Å². The van der Waals surface area contributed by atoms with Crippen molar-refractivity contribution < 1.29 is 0 Å². The summed E-state index contributed by atoms with van der Waals surface area (Å²) in [6, 6.07) is 74.9. The van der Waals surface area contributed by atoms with Gasteiger partial charge in [-0.25, -0.2) is 0 Å². The Balaban J connectivity index is 1.14. The van der Waals surface area contributed by atoms with Gasteiger partial charge in [0.05, 0.1) is 5.41 Å². The molecular weight excluding hydrogens is 809 g/mol. The first kappa shape index (κ1) is 40.6. The zero-order valence-electron chi connectivity index (χ0n) is 38.5. The maximum Gasteiger partial charge on any atom is 0.0714 e. The molecule has 0 radical (unpaired) electrons. The summed E-state index contributed by atoms with van der Waals surface area (Å²) in [5, 5.41) is 2.60. The molecule has 0 spiro atoms. The van der Waals surface area contributed by atoms with Gasteiger partial charge in [0.25, 0.3) is 0 Å². The predicted octanol–water partition coefficient (Wildman–Crippen LogP) is 17.1. The summed E-state index contributed by atoms with van der Waals surface area (Å²) < 4.78 is 0. The van der Waals surface area contributed by atoms with E-state index in [2.05, 4.69) is 268 Å². The molecule has 2 heteroatoms. The minimum Gasteiger partial charge on any atom is -0.311 e. The maximum absolute atomic E-state index is 2.59. The highest BCUT2D eigenvalue weighted by Crippen LogP contribution is 2.62. The van der Waals surface area contributed by atoms with Crippen LogP contribution in [-0.2, 0) is 10.8 Å². The van der Waals surface area contributed by atoms with Gasteiger partial charge in [0.1, 0.15) is 0 Å². The van der Waals surface area contributed by atoms with E-state index in [-0.39, 0.29) is 5.41 Å². The van der Waals surface area contributed by atoms with Crippen molar-refractivity contribution >= 4 is 39.2 Å². The zero-order valence-corrected chi connectivity index (χ0v) is 38.5. The third-order valence-electron chi connectivity index (χ3n) is 14.7. The molecular formula is C65H52N2. The van der Waals surface area contributed by atoms with Gasteiger partial charge < -0.3 is 9.80 Å². The standard InChI is InChI=1S/C65H52N2/c1-44-30-39-55-57-42-61-58(43-60(57)64(3,4)59(55)40-44)63-56-29-19-18-28-54(56)45(2)41-62(63)65(61,47-33-37-53(38-34-47)67(50-24-14-8-15-25-50)51-26-16-9-17-27-51)46-31-35-52(36-32-46)66(49-22-12-7-13-23-49)48-20-10-5-6-11-21-48/h5,7-43H,6H2,1-4H3. The predicted molar refractivity (Wildman–Crippen MR) is 283 cm³/mol. The van der Waals surface area contributed by atoms with Gasteiger partial charge in [-0.15, -0.1) is 0 Å². The van der Waals surface area contributed by atoms with Crippen molar-refractivity contribution in [2.75, 3.05) is 9.80 Å². The van der Waals surface area contributed by atoms with Crippen molar-refractivity contribution in [3.8, 4) is 22.3 Å². The first-order chi connectivity index (χ1) is 32.8. The molecule has 0 aliphatic heterocycles. The molecule has 0 N–H and O–H groups in total. The van der Waals surface area contributed by atoms with Gasteiger partial charge in [-0.2, -0.15) is 0 Å². The van der Waals surface area contributed by atoms with Crippen LogP contribution in [0.2, 0.25) is 0 Å². The van der Waals surface area contributed by atoms with E-state index >= 15 is 0 Å². The van der Waals surface area contributed by atoms with Crippen LogP contribution >= 0.6 is 0 Å². The fraction of sp³-hybridized carbons (Fsp3) is 0.108. The summed E-state index contributed by atoms with van der Waals surface area (Å²) in [6.07, 6.45) is 12.0. The fourth-order valence-electron chi connectivity index (χ4n) is 11.6. The fourth-order valence-corrected chi connectivity index (χ4v) is 11.6. The normalized spacial score (nSPS) is 16.1. The van der Waals surface area contributed by atoms with E-state index in [0.29, 0.717) is 0 Å². The summed E-state index contributed by atoms with van der Waals surface area (Å²) >= 11 is 0. The molecule has 0 saturated carbocycles. The minimum atomic E-state index is -0.657. The van der Waals surface area contributed by atoms with Crippen LogP contribution in [0.15, 0.2) is 236 Å². The Morgan fingerprint density at radius 1 is 0.418 bits per heavy atom. The number of benzene rings is 9. The van der Waals surface area contributed by atoms with Crippen LogP contribution in [0.3, 0.4) is 0 Å². The van der Waals surface area contributed by atoms with E-state index in [1.807, 2.05) is 0 Å². The average molecular weight is 861 g/mol. The molecule has 3 aliphatic rings. The summed E-state index contributed by atoms with van der Waals surface area (Å²) in [5.74, 6) is 0. The number of allylic oxidation sites excluding steroid dienone is 5. The molecule has 9 aromatic carbocycles. The zero-order chi connectivity index (χ0) is 45.3.